The van der Waals surface area contributed by atoms with Gasteiger partial charge in [0.2, 0.25) is 5.91 Å². The van der Waals surface area contributed by atoms with Crippen LogP contribution in [0, 0.1) is 0 Å². The third-order valence-electron chi connectivity index (χ3n) is 4.76. The maximum atomic E-state index is 12.9. The molecule has 0 spiro atoms. The monoisotopic (exact) mass is 360 g/mol. The molecule has 1 aromatic rings. The predicted molar refractivity (Wildman–Crippen MR) is 106 cm³/mol. The first-order chi connectivity index (χ1) is 12.5. The molecule has 0 unspecified atom stereocenters. The van der Waals surface area contributed by atoms with E-state index in [-0.39, 0.29) is 11.8 Å². The van der Waals surface area contributed by atoms with Crippen molar-refractivity contribution in [3.63, 3.8) is 0 Å². The summed E-state index contributed by atoms with van der Waals surface area (Å²) < 4.78 is 0. The van der Waals surface area contributed by atoms with Crippen LogP contribution in [0.1, 0.15) is 36.5 Å². The molecule has 0 radical (unpaired) electrons. The van der Waals surface area contributed by atoms with Gasteiger partial charge < -0.3 is 20.0 Å². The van der Waals surface area contributed by atoms with Crippen molar-refractivity contribution in [3.05, 3.63) is 29.8 Å². The Hall–Kier alpha value is -2.08. The first kappa shape index (κ1) is 20.2. The number of carbonyl (C=O) groups excluding carboxylic acids is 2. The summed E-state index contributed by atoms with van der Waals surface area (Å²) in [5, 5.41) is 3.25. The number of anilines is 1. The molecule has 1 aliphatic rings. The van der Waals surface area contributed by atoms with Crippen molar-refractivity contribution in [2.24, 2.45) is 0 Å². The Morgan fingerprint density at radius 2 is 1.73 bits per heavy atom. The van der Waals surface area contributed by atoms with E-state index < -0.39 is 0 Å². The number of rotatable bonds is 8. The molecular formula is C20H32N4O2. The van der Waals surface area contributed by atoms with Crippen LogP contribution in [0.2, 0.25) is 0 Å². The van der Waals surface area contributed by atoms with Crippen LogP contribution in [-0.2, 0) is 4.79 Å². The number of nitrogens with zero attached hydrogens (tertiary/aromatic N) is 3. The van der Waals surface area contributed by atoms with Crippen LogP contribution in [0.5, 0.6) is 0 Å². The van der Waals surface area contributed by atoms with Crippen molar-refractivity contribution < 1.29 is 9.59 Å². The van der Waals surface area contributed by atoms with E-state index in [0.29, 0.717) is 25.1 Å². The van der Waals surface area contributed by atoms with Crippen molar-refractivity contribution in [1.82, 2.24) is 15.1 Å². The van der Waals surface area contributed by atoms with E-state index in [1.165, 1.54) is 0 Å². The van der Waals surface area contributed by atoms with E-state index in [1.54, 1.807) is 0 Å². The lowest BCUT2D eigenvalue weighted by molar-refractivity contribution is -0.131. The van der Waals surface area contributed by atoms with Crippen LogP contribution < -0.4 is 10.2 Å². The van der Waals surface area contributed by atoms with E-state index in [4.69, 9.17) is 0 Å². The first-order valence-electron chi connectivity index (χ1n) is 9.58. The fourth-order valence-corrected chi connectivity index (χ4v) is 3.05. The van der Waals surface area contributed by atoms with Gasteiger partial charge in [-0.1, -0.05) is 13.3 Å². The molecule has 0 atom stereocenters. The Morgan fingerprint density at radius 3 is 2.31 bits per heavy atom. The van der Waals surface area contributed by atoms with Crippen LogP contribution in [0.3, 0.4) is 0 Å². The molecule has 1 saturated heterocycles. The predicted octanol–water partition coefficient (Wildman–Crippen LogP) is 1.82. The minimum absolute atomic E-state index is 0.0110. The van der Waals surface area contributed by atoms with Gasteiger partial charge in [0, 0.05) is 71.0 Å². The molecule has 2 amide bonds. The van der Waals surface area contributed by atoms with Crippen molar-refractivity contribution in [1.29, 1.82) is 0 Å². The molecule has 1 aliphatic heterocycles. The minimum atomic E-state index is 0.0110. The van der Waals surface area contributed by atoms with Gasteiger partial charge in [-0.15, -0.1) is 0 Å². The first-order valence-corrected chi connectivity index (χ1v) is 9.58. The topological polar surface area (TPSA) is 55.9 Å². The highest BCUT2D eigenvalue weighted by molar-refractivity contribution is 5.94. The summed E-state index contributed by atoms with van der Waals surface area (Å²) in [5.41, 5.74) is 1.75. The smallest absolute Gasteiger partial charge is 0.253 e. The Balaban J connectivity index is 1.98. The number of benzene rings is 1. The van der Waals surface area contributed by atoms with Crippen LogP contribution in [-0.4, -0.2) is 75.0 Å². The van der Waals surface area contributed by atoms with Gasteiger partial charge in [-0.05, 0) is 30.7 Å². The van der Waals surface area contributed by atoms with Crippen LogP contribution in [0.4, 0.5) is 5.69 Å². The average molecular weight is 361 g/mol. The van der Waals surface area contributed by atoms with Gasteiger partial charge in [0.15, 0.2) is 0 Å². The molecule has 0 aromatic heterocycles. The average Bonchev–Trinajstić information content (AvgIpc) is 2.68. The van der Waals surface area contributed by atoms with Gasteiger partial charge in [0.1, 0.15) is 0 Å². The van der Waals surface area contributed by atoms with Crippen molar-refractivity contribution in [2.45, 2.75) is 26.2 Å². The molecule has 6 heteroatoms. The molecule has 144 valence electrons. The van der Waals surface area contributed by atoms with Crippen LogP contribution in [0.25, 0.3) is 0 Å². The molecule has 1 fully saturated rings. The lowest BCUT2D eigenvalue weighted by Crippen LogP contribution is -2.47. The lowest BCUT2D eigenvalue weighted by Gasteiger charge is -2.29. The highest BCUT2D eigenvalue weighted by Gasteiger charge is 2.20. The summed E-state index contributed by atoms with van der Waals surface area (Å²) in [6, 6.07) is 7.65. The third-order valence-corrected chi connectivity index (χ3v) is 4.76. The van der Waals surface area contributed by atoms with Gasteiger partial charge in [-0.25, -0.2) is 0 Å². The molecule has 2 rings (SSSR count). The second-order valence-corrected chi connectivity index (χ2v) is 6.97. The van der Waals surface area contributed by atoms with Crippen LogP contribution >= 0.6 is 0 Å². The van der Waals surface area contributed by atoms with E-state index in [1.807, 2.05) is 53.1 Å². The zero-order chi connectivity index (χ0) is 18.9. The second kappa shape index (κ2) is 10.2. The quantitative estimate of drug-likeness (QED) is 0.768. The summed E-state index contributed by atoms with van der Waals surface area (Å²) in [6.07, 6.45) is 2.36. The molecule has 1 N–H and O–H groups in total. The van der Waals surface area contributed by atoms with Crippen LogP contribution in [0.15, 0.2) is 24.3 Å². The summed E-state index contributed by atoms with van der Waals surface area (Å²) in [4.78, 5) is 31.0. The Labute approximate surface area is 157 Å². The van der Waals surface area contributed by atoms with E-state index in [0.717, 1.165) is 44.7 Å². The highest BCUT2D eigenvalue weighted by Crippen LogP contribution is 2.15. The zero-order valence-corrected chi connectivity index (χ0v) is 16.3. The molecule has 26 heavy (non-hydrogen) atoms. The molecule has 0 saturated carbocycles. The number of nitrogens with one attached hydrogen (secondary N) is 1. The largest absolute Gasteiger partial charge is 0.378 e. The SMILES string of the molecule is CCCCN(CCC(=O)N1CCNCC1)C(=O)c1ccc(N(C)C)cc1. The lowest BCUT2D eigenvalue weighted by atomic mass is 10.1. The third kappa shape index (κ3) is 5.73. The molecular weight excluding hydrogens is 328 g/mol. The number of unbranched alkanes of at least 4 members (excludes halogenated alkanes) is 1. The summed E-state index contributed by atoms with van der Waals surface area (Å²) in [5.74, 6) is 0.153. The highest BCUT2D eigenvalue weighted by atomic mass is 16.2. The summed E-state index contributed by atoms with van der Waals surface area (Å²) in [6.45, 7) is 6.50. The summed E-state index contributed by atoms with van der Waals surface area (Å²) in [7, 11) is 3.96. The Kier molecular flexibility index (Phi) is 7.91. The molecule has 0 aliphatic carbocycles. The maximum Gasteiger partial charge on any atom is 0.253 e. The molecule has 0 bridgehead atoms. The maximum absolute atomic E-state index is 12.9. The van der Waals surface area contributed by atoms with Gasteiger partial charge >= 0.3 is 0 Å². The normalized spacial score (nSPS) is 14.2. The number of amides is 2. The number of hydrogen-bond acceptors (Lipinski definition) is 4. The van der Waals surface area contributed by atoms with Gasteiger partial charge in [-0.2, -0.15) is 0 Å². The van der Waals surface area contributed by atoms with Crippen molar-refractivity contribution in [3.8, 4) is 0 Å². The standard InChI is InChI=1S/C20H32N4O2/c1-4-5-13-24(14-10-19(25)23-15-11-21-12-16-23)20(26)17-6-8-18(9-7-17)22(2)3/h6-9,21H,4-5,10-16H2,1-3H3. The van der Waals surface area contributed by atoms with Crippen molar-refractivity contribution >= 4 is 17.5 Å². The fraction of sp³-hybridized carbons (Fsp3) is 0.600. The zero-order valence-electron chi connectivity index (χ0n) is 16.3. The molecule has 1 heterocycles. The number of hydrogen-bond donors (Lipinski definition) is 1. The van der Waals surface area contributed by atoms with Crippen molar-refractivity contribution in [2.75, 3.05) is 58.3 Å². The van der Waals surface area contributed by atoms with Gasteiger partial charge in [-0.3, -0.25) is 9.59 Å². The van der Waals surface area contributed by atoms with E-state index >= 15 is 0 Å². The molecule has 6 nitrogen and oxygen atoms in total. The minimum Gasteiger partial charge on any atom is -0.378 e. The Bertz CT molecular complexity index is 580. The van der Waals surface area contributed by atoms with Gasteiger partial charge in [0.25, 0.3) is 5.91 Å². The fourth-order valence-electron chi connectivity index (χ4n) is 3.05. The number of piperazine rings is 1. The Morgan fingerprint density at radius 1 is 1.08 bits per heavy atom. The second-order valence-electron chi connectivity index (χ2n) is 6.97. The molecule has 1 aromatic carbocycles. The van der Waals surface area contributed by atoms with E-state index in [2.05, 4.69) is 12.2 Å². The van der Waals surface area contributed by atoms with E-state index in [9.17, 15) is 9.59 Å². The number of carbonyl (C=O) groups is 2. The van der Waals surface area contributed by atoms with Gasteiger partial charge in [0.05, 0.1) is 0 Å². The summed E-state index contributed by atoms with van der Waals surface area (Å²) >= 11 is 0.